The molecule has 0 amide bonds. The molecule has 1 rings (SSSR count). The normalized spacial score (nSPS) is 12.1. The van der Waals surface area contributed by atoms with Crippen LogP contribution in [0.25, 0.3) is 0 Å². The van der Waals surface area contributed by atoms with E-state index in [4.69, 9.17) is 39.9 Å². The van der Waals surface area contributed by atoms with Gasteiger partial charge in [-0.05, 0) is 18.6 Å². The van der Waals surface area contributed by atoms with Crippen LogP contribution in [0.2, 0.25) is 15.1 Å². The third-order valence-corrected chi connectivity index (χ3v) is 5.26. The molecular formula is C10H12Cl3NO3S. The summed E-state index contributed by atoms with van der Waals surface area (Å²) in [6.07, 6.45) is 0.332. The van der Waals surface area contributed by atoms with Gasteiger partial charge in [-0.2, -0.15) is 0 Å². The number of benzene rings is 1. The van der Waals surface area contributed by atoms with Crippen LogP contribution < -0.4 is 0 Å². The van der Waals surface area contributed by atoms with Gasteiger partial charge in [-0.1, -0.05) is 34.8 Å². The van der Waals surface area contributed by atoms with Crippen molar-refractivity contribution in [2.24, 2.45) is 0 Å². The highest BCUT2D eigenvalue weighted by molar-refractivity contribution is 7.89. The van der Waals surface area contributed by atoms with E-state index in [2.05, 4.69) is 0 Å². The van der Waals surface area contributed by atoms with Crippen LogP contribution in [-0.4, -0.2) is 38.0 Å². The van der Waals surface area contributed by atoms with Crippen molar-refractivity contribution < 1.29 is 13.5 Å². The van der Waals surface area contributed by atoms with E-state index in [-0.39, 0.29) is 33.1 Å². The molecule has 0 aliphatic rings. The Morgan fingerprint density at radius 2 is 1.72 bits per heavy atom. The molecule has 0 saturated heterocycles. The van der Waals surface area contributed by atoms with E-state index in [0.717, 1.165) is 4.31 Å². The number of nitrogens with zero attached hydrogens (tertiary/aromatic N) is 1. The van der Waals surface area contributed by atoms with Crippen LogP contribution in [0.5, 0.6) is 0 Å². The molecule has 0 aliphatic heterocycles. The van der Waals surface area contributed by atoms with E-state index in [1.54, 1.807) is 0 Å². The fourth-order valence-corrected chi connectivity index (χ4v) is 4.04. The van der Waals surface area contributed by atoms with E-state index in [1.807, 2.05) is 0 Å². The Kier molecular flexibility index (Phi) is 5.70. The maximum atomic E-state index is 12.2. The predicted molar refractivity (Wildman–Crippen MR) is 73.0 cm³/mol. The molecule has 8 heteroatoms. The molecule has 102 valence electrons. The van der Waals surface area contributed by atoms with Crippen LogP contribution in [0.1, 0.15) is 6.42 Å². The average Bonchev–Trinajstić information content (AvgIpc) is 2.23. The van der Waals surface area contributed by atoms with Gasteiger partial charge in [-0.3, -0.25) is 0 Å². The highest BCUT2D eigenvalue weighted by Gasteiger charge is 2.26. The number of aliphatic hydroxyl groups excluding tert-OH is 1. The zero-order valence-electron chi connectivity index (χ0n) is 9.53. The molecule has 0 saturated carbocycles. The van der Waals surface area contributed by atoms with Crippen LogP contribution >= 0.6 is 34.8 Å². The van der Waals surface area contributed by atoms with E-state index >= 15 is 0 Å². The topological polar surface area (TPSA) is 57.6 Å². The summed E-state index contributed by atoms with van der Waals surface area (Å²) >= 11 is 17.5. The second-order valence-electron chi connectivity index (χ2n) is 3.60. The average molecular weight is 333 g/mol. The summed E-state index contributed by atoms with van der Waals surface area (Å²) < 4.78 is 25.5. The van der Waals surface area contributed by atoms with Crippen molar-refractivity contribution in [2.75, 3.05) is 20.2 Å². The first-order valence-electron chi connectivity index (χ1n) is 5.02. The molecular weight excluding hydrogens is 321 g/mol. The molecule has 0 radical (unpaired) electrons. The van der Waals surface area contributed by atoms with Crippen LogP contribution in [0.15, 0.2) is 17.0 Å². The van der Waals surface area contributed by atoms with Crippen LogP contribution in [0.4, 0.5) is 0 Å². The van der Waals surface area contributed by atoms with Crippen LogP contribution in [0.3, 0.4) is 0 Å². The largest absolute Gasteiger partial charge is 0.396 e. The molecule has 4 nitrogen and oxygen atoms in total. The molecule has 1 aromatic rings. The first-order chi connectivity index (χ1) is 8.30. The Labute approximate surface area is 121 Å². The Morgan fingerprint density at radius 3 is 2.17 bits per heavy atom. The molecule has 1 aromatic carbocycles. The molecule has 0 aliphatic carbocycles. The minimum Gasteiger partial charge on any atom is -0.396 e. The van der Waals surface area contributed by atoms with Crippen molar-refractivity contribution >= 4 is 44.8 Å². The highest BCUT2D eigenvalue weighted by atomic mass is 35.5. The first kappa shape index (κ1) is 16.0. The van der Waals surface area contributed by atoms with Gasteiger partial charge in [-0.15, -0.1) is 0 Å². The SMILES string of the molecule is CN(CCCO)S(=O)(=O)c1c(Cl)cc(Cl)cc1Cl. The van der Waals surface area contributed by atoms with Crippen molar-refractivity contribution in [1.82, 2.24) is 4.31 Å². The van der Waals surface area contributed by atoms with Crippen molar-refractivity contribution in [3.63, 3.8) is 0 Å². The van der Waals surface area contributed by atoms with E-state index in [0.29, 0.717) is 6.42 Å². The summed E-state index contributed by atoms with van der Waals surface area (Å²) in [5.41, 5.74) is 0. The van der Waals surface area contributed by atoms with Crippen molar-refractivity contribution in [3.8, 4) is 0 Å². The van der Waals surface area contributed by atoms with Crippen LogP contribution in [-0.2, 0) is 10.0 Å². The lowest BCUT2D eigenvalue weighted by Crippen LogP contribution is -2.29. The van der Waals surface area contributed by atoms with Gasteiger partial charge in [0.25, 0.3) is 0 Å². The van der Waals surface area contributed by atoms with Gasteiger partial charge in [-0.25, -0.2) is 12.7 Å². The van der Waals surface area contributed by atoms with E-state index < -0.39 is 10.0 Å². The molecule has 0 spiro atoms. The Balaban J connectivity index is 3.20. The maximum absolute atomic E-state index is 12.2. The third kappa shape index (κ3) is 3.50. The monoisotopic (exact) mass is 331 g/mol. The minimum atomic E-state index is -3.79. The maximum Gasteiger partial charge on any atom is 0.245 e. The fraction of sp³-hybridized carbons (Fsp3) is 0.400. The lowest BCUT2D eigenvalue weighted by atomic mass is 10.4. The number of hydrogen-bond donors (Lipinski definition) is 1. The fourth-order valence-electron chi connectivity index (χ4n) is 1.34. The third-order valence-electron chi connectivity index (χ3n) is 2.26. The lowest BCUT2D eigenvalue weighted by molar-refractivity contribution is 0.275. The van der Waals surface area contributed by atoms with E-state index in [1.165, 1.54) is 19.2 Å². The molecule has 0 fully saturated rings. The van der Waals surface area contributed by atoms with Gasteiger partial charge < -0.3 is 5.11 Å². The summed E-state index contributed by atoms with van der Waals surface area (Å²) in [5.74, 6) is 0. The van der Waals surface area contributed by atoms with Gasteiger partial charge in [0.2, 0.25) is 10.0 Å². The number of hydrogen-bond acceptors (Lipinski definition) is 3. The van der Waals surface area contributed by atoms with Crippen molar-refractivity contribution in [3.05, 3.63) is 27.2 Å². The number of aliphatic hydroxyl groups is 1. The summed E-state index contributed by atoms with van der Waals surface area (Å²) in [4.78, 5) is -0.171. The minimum absolute atomic E-state index is 0.0247. The lowest BCUT2D eigenvalue weighted by Gasteiger charge is -2.18. The zero-order chi connectivity index (χ0) is 13.9. The predicted octanol–water partition coefficient (Wildman–Crippen LogP) is 2.65. The van der Waals surface area contributed by atoms with Gasteiger partial charge in [0, 0.05) is 25.2 Å². The summed E-state index contributed by atoms with van der Waals surface area (Å²) in [7, 11) is -2.39. The van der Waals surface area contributed by atoms with Gasteiger partial charge in [0.15, 0.2) is 0 Å². The second-order valence-corrected chi connectivity index (χ2v) is 6.83. The van der Waals surface area contributed by atoms with Crippen molar-refractivity contribution in [1.29, 1.82) is 0 Å². The molecule has 18 heavy (non-hydrogen) atoms. The second kappa shape index (κ2) is 6.41. The number of sulfonamides is 1. The quantitative estimate of drug-likeness (QED) is 0.902. The Hall–Kier alpha value is -0.0400. The Bertz CT molecular complexity index is 510. The summed E-state index contributed by atoms with van der Waals surface area (Å²) in [5, 5.41) is 8.92. The highest BCUT2D eigenvalue weighted by Crippen LogP contribution is 2.34. The smallest absolute Gasteiger partial charge is 0.245 e. The summed E-state index contributed by atoms with van der Waals surface area (Å²) in [6.45, 7) is 0.0794. The summed E-state index contributed by atoms with van der Waals surface area (Å²) in [6, 6.07) is 2.64. The number of rotatable bonds is 5. The Morgan fingerprint density at radius 1 is 1.22 bits per heavy atom. The molecule has 0 aromatic heterocycles. The van der Waals surface area contributed by atoms with Gasteiger partial charge in [0.1, 0.15) is 4.90 Å². The van der Waals surface area contributed by atoms with Gasteiger partial charge in [0.05, 0.1) is 10.0 Å². The molecule has 0 atom stereocenters. The van der Waals surface area contributed by atoms with Crippen molar-refractivity contribution in [2.45, 2.75) is 11.3 Å². The van der Waals surface area contributed by atoms with Crippen LogP contribution in [0, 0.1) is 0 Å². The number of halogens is 3. The molecule has 0 heterocycles. The molecule has 0 bridgehead atoms. The first-order valence-corrected chi connectivity index (χ1v) is 7.60. The standard InChI is InChI=1S/C10H12Cl3NO3S/c1-14(3-2-4-15)18(16,17)10-8(12)5-7(11)6-9(10)13/h5-6,15H,2-4H2,1H3. The zero-order valence-corrected chi connectivity index (χ0v) is 12.6. The molecule has 1 N–H and O–H groups in total. The molecule has 0 unspecified atom stereocenters. The van der Waals surface area contributed by atoms with Gasteiger partial charge >= 0.3 is 0 Å². The van der Waals surface area contributed by atoms with E-state index in [9.17, 15) is 8.42 Å².